The van der Waals surface area contributed by atoms with E-state index in [1.54, 1.807) is 18.9 Å². The molecule has 0 fully saturated rings. The molecule has 0 radical (unpaired) electrons. The molecule has 332 valence electrons. The van der Waals surface area contributed by atoms with Gasteiger partial charge in [-0.15, -0.1) is 0 Å². The first-order chi connectivity index (χ1) is 31.0. The summed E-state index contributed by atoms with van der Waals surface area (Å²) in [6.45, 7) is 7.45. The Bertz CT molecular complexity index is 2650. The van der Waals surface area contributed by atoms with Gasteiger partial charge in [-0.1, -0.05) is 109 Å². The molecule has 0 aliphatic rings. The topological polar surface area (TPSA) is 119 Å². The summed E-state index contributed by atoms with van der Waals surface area (Å²) in [7, 11) is -0.855. The van der Waals surface area contributed by atoms with Gasteiger partial charge in [0.2, 0.25) is 5.91 Å². The van der Waals surface area contributed by atoms with Crippen LogP contribution in [-0.4, -0.2) is 62.7 Å². The molecule has 0 aliphatic heterocycles. The number of methoxy groups -OCH3 is 2. The Morgan fingerprint density at radius 2 is 1.28 bits per heavy atom. The van der Waals surface area contributed by atoms with Gasteiger partial charge in [0.1, 0.15) is 23.2 Å². The van der Waals surface area contributed by atoms with Gasteiger partial charge in [0.15, 0.2) is 0 Å². The maximum atomic E-state index is 15.1. The first kappa shape index (κ1) is 46.2. The first-order valence-corrected chi connectivity index (χ1v) is 23.5. The van der Waals surface area contributed by atoms with E-state index >= 15 is 4.57 Å². The van der Waals surface area contributed by atoms with Crippen molar-refractivity contribution in [3.8, 4) is 17.6 Å². The Labute approximate surface area is 377 Å². The van der Waals surface area contributed by atoms with Crippen LogP contribution in [0.25, 0.3) is 32.3 Å². The van der Waals surface area contributed by atoms with Crippen LogP contribution in [0.2, 0.25) is 0 Å². The molecule has 7 rings (SSSR count). The average Bonchev–Trinajstić information content (AvgIpc) is 3.31. The second-order valence-electron chi connectivity index (χ2n) is 16.6. The molecular weight excluding hydrogens is 822 g/mol. The molecule has 2 atom stereocenters. The number of aryl methyl sites for hydroxylation is 1. The van der Waals surface area contributed by atoms with E-state index in [1.807, 2.05) is 107 Å². The molecule has 2 unspecified atom stereocenters. The molecule has 10 nitrogen and oxygen atoms in total. The zero-order chi connectivity index (χ0) is 45.3. The molecule has 7 aromatic carbocycles. The molecule has 0 saturated carbocycles. The number of nitrogens with zero attached hydrogens (tertiary/aromatic N) is 2. The van der Waals surface area contributed by atoms with Crippen LogP contribution in [0, 0.1) is 11.3 Å². The quantitative estimate of drug-likeness (QED) is 0.0307. The second-order valence-corrected chi connectivity index (χ2v) is 18.4. The van der Waals surface area contributed by atoms with Gasteiger partial charge in [0.25, 0.3) is 0 Å². The summed E-state index contributed by atoms with van der Waals surface area (Å²) < 4.78 is 47.9. The Kier molecular flexibility index (Phi) is 15.0. The first-order valence-electron chi connectivity index (χ1n) is 22.0. The van der Waals surface area contributed by atoms with Crippen LogP contribution in [0.3, 0.4) is 0 Å². The van der Waals surface area contributed by atoms with E-state index in [4.69, 9.17) is 23.3 Å². The van der Waals surface area contributed by atoms with E-state index in [2.05, 4.69) is 66.0 Å². The predicted molar refractivity (Wildman–Crippen MR) is 255 cm³/mol. The van der Waals surface area contributed by atoms with Gasteiger partial charge >= 0.3 is 7.75 Å². The minimum atomic E-state index is -4.10. The fourth-order valence-corrected chi connectivity index (χ4v) is 11.2. The molecule has 11 heteroatoms. The molecule has 7 aromatic rings. The average molecular weight is 880 g/mol. The van der Waals surface area contributed by atoms with Crippen LogP contribution in [0.4, 0.5) is 0 Å². The third-order valence-corrected chi connectivity index (χ3v) is 14.3. The Balaban J connectivity index is 1.19. The van der Waals surface area contributed by atoms with Crippen LogP contribution in [-0.2, 0) is 35.2 Å². The summed E-state index contributed by atoms with van der Waals surface area (Å²) in [5, 5.41) is 19.9. The highest BCUT2D eigenvalue weighted by molar-refractivity contribution is 7.51. The summed E-state index contributed by atoms with van der Waals surface area (Å²) in [4.78, 5) is 13.8. The summed E-state index contributed by atoms with van der Waals surface area (Å²) in [5.74, 6) is 1.19. The van der Waals surface area contributed by atoms with E-state index < -0.39 is 19.5 Å². The third kappa shape index (κ3) is 9.95. The normalized spacial score (nSPS) is 13.4. The number of rotatable bonds is 22. The molecule has 0 bridgehead atoms. The highest BCUT2D eigenvalue weighted by Gasteiger charge is 2.43. The van der Waals surface area contributed by atoms with Gasteiger partial charge in [-0.25, -0.2) is 9.24 Å². The predicted octanol–water partition coefficient (Wildman–Crippen LogP) is 11.6. The van der Waals surface area contributed by atoms with Crippen molar-refractivity contribution in [1.29, 1.82) is 5.26 Å². The number of carbonyl (C=O) groups is 1. The minimum absolute atomic E-state index is 0.0213. The molecule has 1 amide bonds. The van der Waals surface area contributed by atoms with Gasteiger partial charge in [0.05, 0.1) is 39.9 Å². The Morgan fingerprint density at radius 1 is 0.719 bits per heavy atom. The number of benzene rings is 7. The molecule has 64 heavy (non-hydrogen) atoms. The summed E-state index contributed by atoms with van der Waals surface area (Å²) in [5.41, 5.74) is 2.42. The highest BCUT2D eigenvalue weighted by atomic mass is 31.2. The number of nitriles is 1. The van der Waals surface area contributed by atoms with Crippen LogP contribution in [0.15, 0.2) is 133 Å². The number of hydrogen-bond acceptors (Lipinski definition) is 8. The fourth-order valence-electron chi connectivity index (χ4n) is 8.90. The second kappa shape index (κ2) is 20.8. The summed E-state index contributed by atoms with van der Waals surface area (Å²) in [6, 6.07) is 46.3. The minimum Gasteiger partial charge on any atom is -0.497 e. The molecular formula is C53H58N3O7P. The van der Waals surface area contributed by atoms with Gasteiger partial charge in [0, 0.05) is 25.0 Å². The number of carbonyl (C=O) groups excluding carboxylic acids is 1. The number of ether oxygens (including phenoxy) is 3. The van der Waals surface area contributed by atoms with E-state index in [9.17, 15) is 10.1 Å². The molecule has 0 saturated heterocycles. The zero-order valence-corrected chi connectivity index (χ0v) is 38.5. The van der Waals surface area contributed by atoms with E-state index in [-0.39, 0.29) is 50.6 Å². The molecule has 0 aliphatic carbocycles. The smallest absolute Gasteiger partial charge is 0.409 e. The lowest BCUT2D eigenvalue weighted by Gasteiger charge is -2.40. The van der Waals surface area contributed by atoms with Crippen molar-refractivity contribution in [2.24, 2.45) is 0 Å². The number of hydrogen-bond donors (Lipinski definition) is 1. The monoisotopic (exact) mass is 879 g/mol. The van der Waals surface area contributed by atoms with Crippen LogP contribution >= 0.6 is 7.75 Å². The van der Waals surface area contributed by atoms with Gasteiger partial charge in [-0.3, -0.25) is 13.8 Å². The largest absolute Gasteiger partial charge is 0.497 e. The highest BCUT2D eigenvalue weighted by Crippen LogP contribution is 2.56. The SMILES string of the molecule is COc1ccc(C(OCC(CNC(=O)CCCc2ccc3ccc4cccc5ccc2c3c45)OP(=O)(OCCC#N)N(C(C)C)C(C)C)(c2ccccc2)c2ccc(OC)cc2)cc1. The summed E-state index contributed by atoms with van der Waals surface area (Å²) >= 11 is 0. The zero-order valence-electron chi connectivity index (χ0n) is 37.6. The van der Waals surface area contributed by atoms with Crippen molar-refractivity contribution in [2.75, 3.05) is 34.0 Å². The Hall–Kier alpha value is -5.79. The van der Waals surface area contributed by atoms with Crippen molar-refractivity contribution in [1.82, 2.24) is 9.99 Å². The van der Waals surface area contributed by atoms with Crippen molar-refractivity contribution in [3.05, 3.63) is 156 Å². The van der Waals surface area contributed by atoms with Crippen LogP contribution in [0.5, 0.6) is 11.5 Å². The van der Waals surface area contributed by atoms with Crippen molar-refractivity contribution in [2.45, 2.75) is 77.2 Å². The van der Waals surface area contributed by atoms with E-state index in [0.29, 0.717) is 24.3 Å². The van der Waals surface area contributed by atoms with E-state index in [0.717, 1.165) is 16.7 Å². The Morgan fingerprint density at radius 3 is 1.86 bits per heavy atom. The maximum Gasteiger partial charge on any atom is 0.409 e. The van der Waals surface area contributed by atoms with Gasteiger partial charge < -0.3 is 19.5 Å². The number of nitrogens with one attached hydrogen (secondary N) is 1. The van der Waals surface area contributed by atoms with Crippen molar-refractivity contribution < 1.29 is 32.6 Å². The maximum absolute atomic E-state index is 15.1. The van der Waals surface area contributed by atoms with Crippen LogP contribution < -0.4 is 14.8 Å². The van der Waals surface area contributed by atoms with Gasteiger partial charge in [-0.2, -0.15) is 5.26 Å². The molecule has 0 heterocycles. The third-order valence-electron chi connectivity index (χ3n) is 11.7. The fraction of sp³-hybridized carbons (Fsp3) is 0.321. The lowest BCUT2D eigenvalue weighted by Crippen LogP contribution is -2.43. The lowest BCUT2D eigenvalue weighted by molar-refractivity contribution is -0.122. The van der Waals surface area contributed by atoms with E-state index in [1.165, 1.54) is 37.9 Å². The molecule has 1 N–H and O–H groups in total. The molecule has 0 aromatic heterocycles. The van der Waals surface area contributed by atoms with Gasteiger partial charge in [-0.05, 0) is 119 Å². The standard InChI is InChI=1S/C53H58N3O7P/c1-37(2)56(38(3)4)64(58,62-34-12-33-54)63-48(35-55-50(57)18-11-13-39-19-20-42-22-21-40-14-10-15-41-23-32-49(39)52(42)51(40)41)36-61-53(43-16-8-7-9-17-43,44-24-28-46(59-5)29-25-44)45-26-30-47(60-6)31-27-45/h7-10,14-17,19-32,37-38,48H,11-13,18,34-36H2,1-6H3,(H,55,57). The van der Waals surface area contributed by atoms with Crippen molar-refractivity contribution in [3.63, 3.8) is 0 Å². The van der Waals surface area contributed by atoms with Crippen molar-refractivity contribution >= 4 is 46.0 Å². The van der Waals surface area contributed by atoms with Crippen LogP contribution in [0.1, 0.15) is 69.2 Å². The summed E-state index contributed by atoms with van der Waals surface area (Å²) in [6.07, 6.45) is 0.658. The molecule has 0 spiro atoms. The lowest BCUT2D eigenvalue weighted by atomic mass is 9.80. The number of amides is 1.